The number of benzene rings is 1. The highest BCUT2D eigenvalue weighted by Crippen LogP contribution is 2.21. The number of sulfonamides is 1. The topological polar surface area (TPSA) is 130 Å². The molecule has 1 aromatic carbocycles. The molecule has 7 nitrogen and oxygen atoms in total. The number of aromatic carboxylic acids is 1. The average molecular weight is 302 g/mol. The third-order valence-corrected chi connectivity index (χ3v) is 4.19. The van der Waals surface area contributed by atoms with Crippen LogP contribution in [0.5, 0.6) is 0 Å². The van der Waals surface area contributed by atoms with E-state index in [-0.39, 0.29) is 29.3 Å². The van der Waals surface area contributed by atoms with Gasteiger partial charge in [-0.1, -0.05) is 13.8 Å². The van der Waals surface area contributed by atoms with Crippen LogP contribution in [0.4, 0.5) is 5.69 Å². The molecule has 0 unspecified atom stereocenters. The minimum Gasteiger partial charge on any atom is -0.478 e. The van der Waals surface area contributed by atoms with Crippen LogP contribution in [-0.2, 0) is 10.0 Å². The van der Waals surface area contributed by atoms with E-state index in [1.807, 2.05) is 0 Å². The summed E-state index contributed by atoms with van der Waals surface area (Å²) in [5.41, 5.74) is 4.75. The summed E-state index contributed by atoms with van der Waals surface area (Å²) in [4.78, 5) is 10.6. The van der Waals surface area contributed by atoms with Crippen molar-refractivity contribution in [2.75, 3.05) is 18.9 Å². The summed E-state index contributed by atoms with van der Waals surface area (Å²) < 4.78 is 26.5. The van der Waals surface area contributed by atoms with Gasteiger partial charge in [0, 0.05) is 18.6 Å². The molecule has 0 fully saturated rings. The molecule has 0 saturated carbocycles. The number of hydrogen-bond acceptors (Lipinski definition) is 5. The molecule has 1 aromatic rings. The highest BCUT2D eigenvalue weighted by molar-refractivity contribution is 7.89. The first kappa shape index (κ1) is 16.4. The number of carboxylic acid groups (broad SMARTS) is 1. The Kier molecular flexibility index (Phi) is 4.74. The predicted molar refractivity (Wildman–Crippen MR) is 73.9 cm³/mol. The number of nitrogens with one attached hydrogen (secondary N) is 1. The van der Waals surface area contributed by atoms with E-state index in [1.54, 1.807) is 13.8 Å². The van der Waals surface area contributed by atoms with Gasteiger partial charge in [0.25, 0.3) is 0 Å². The molecule has 0 bridgehead atoms. The minimum absolute atomic E-state index is 0.0337. The molecule has 0 aromatic heterocycles. The number of aliphatic hydroxyl groups is 1. The lowest BCUT2D eigenvalue weighted by atomic mass is 9.96. The molecule has 0 aliphatic carbocycles. The van der Waals surface area contributed by atoms with E-state index < -0.39 is 21.4 Å². The Morgan fingerprint density at radius 3 is 2.45 bits per heavy atom. The average Bonchev–Trinajstić information content (AvgIpc) is 2.36. The summed E-state index contributed by atoms with van der Waals surface area (Å²) in [5, 5.41) is 17.9. The van der Waals surface area contributed by atoms with Crippen molar-refractivity contribution in [1.29, 1.82) is 0 Å². The quantitative estimate of drug-likeness (QED) is 0.558. The van der Waals surface area contributed by atoms with Gasteiger partial charge in [0.1, 0.15) is 4.90 Å². The third kappa shape index (κ3) is 3.92. The van der Waals surface area contributed by atoms with Gasteiger partial charge in [0.05, 0.1) is 11.3 Å². The van der Waals surface area contributed by atoms with Gasteiger partial charge in [-0.2, -0.15) is 0 Å². The highest BCUT2D eigenvalue weighted by Gasteiger charge is 2.23. The molecule has 5 N–H and O–H groups in total. The molecule has 112 valence electrons. The summed E-state index contributed by atoms with van der Waals surface area (Å²) in [7, 11) is -3.86. The van der Waals surface area contributed by atoms with Crippen LogP contribution in [0.25, 0.3) is 0 Å². The van der Waals surface area contributed by atoms with Crippen molar-refractivity contribution >= 4 is 21.7 Å². The lowest BCUT2D eigenvalue weighted by Gasteiger charge is -2.22. The molecule has 0 aliphatic rings. The van der Waals surface area contributed by atoms with Crippen molar-refractivity contribution in [3.63, 3.8) is 0 Å². The fraction of sp³-hybridized carbons (Fsp3) is 0.417. The van der Waals surface area contributed by atoms with Gasteiger partial charge in [-0.15, -0.1) is 0 Å². The van der Waals surface area contributed by atoms with E-state index in [1.165, 1.54) is 6.07 Å². The lowest BCUT2D eigenvalue weighted by molar-refractivity contribution is 0.0697. The molecule has 0 atom stereocenters. The normalized spacial score (nSPS) is 12.3. The van der Waals surface area contributed by atoms with Crippen LogP contribution in [0.15, 0.2) is 23.1 Å². The first-order chi connectivity index (χ1) is 9.09. The lowest BCUT2D eigenvalue weighted by Crippen LogP contribution is -2.36. The number of aliphatic hydroxyl groups excluding tert-OH is 1. The Morgan fingerprint density at radius 1 is 1.40 bits per heavy atom. The zero-order valence-electron chi connectivity index (χ0n) is 11.3. The van der Waals surface area contributed by atoms with E-state index in [0.717, 1.165) is 12.1 Å². The van der Waals surface area contributed by atoms with E-state index in [0.29, 0.717) is 0 Å². The molecule has 20 heavy (non-hydrogen) atoms. The molecule has 0 amide bonds. The molecule has 0 radical (unpaired) electrons. The molecule has 1 rings (SSSR count). The van der Waals surface area contributed by atoms with Crippen molar-refractivity contribution in [3.8, 4) is 0 Å². The predicted octanol–water partition coefficient (Wildman–Crippen LogP) is 0.264. The van der Waals surface area contributed by atoms with E-state index >= 15 is 0 Å². The van der Waals surface area contributed by atoms with Gasteiger partial charge >= 0.3 is 5.97 Å². The molecule has 0 spiro atoms. The monoisotopic (exact) mass is 302 g/mol. The van der Waals surface area contributed by atoms with Gasteiger partial charge in [-0.3, -0.25) is 0 Å². The summed E-state index contributed by atoms with van der Waals surface area (Å²) in [6.07, 6.45) is 0. The van der Waals surface area contributed by atoms with E-state index in [9.17, 15) is 13.2 Å². The molecule has 0 heterocycles. The molecule has 0 aliphatic heterocycles. The molecular weight excluding hydrogens is 284 g/mol. The maximum atomic E-state index is 12.1. The van der Waals surface area contributed by atoms with Crippen LogP contribution < -0.4 is 10.5 Å². The highest BCUT2D eigenvalue weighted by atomic mass is 32.2. The Labute approximate surface area is 117 Å². The van der Waals surface area contributed by atoms with Gasteiger partial charge in [0.2, 0.25) is 10.0 Å². The SMILES string of the molecule is CC(C)(CO)CNS(=O)(=O)c1ccc(C(=O)O)cc1N. The van der Waals surface area contributed by atoms with Crippen LogP contribution in [0, 0.1) is 5.41 Å². The molecular formula is C12H18N2O5S. The van der Waals surface area contributed by atoms with Crippen molar-refractivity contribution in [3.05, 3.63) is 23.8 Å². The van der Waals surface area contributed by atoms with Crippen molar-refractivity contribution in [2.24, 2.45) is 5.41 Å². The number of hydrogen-bond donors (Lipinski definition) is 4. The number of nitrogen functional groups attached to an aromatic ring is 1. The maximum absolute atomic E-state index is 12.1. The molecule has 8 heteroatoms. The smallest absolute Gasteiger partial charge is 0.335 e. The van der Waals surface area contributed by atoms with Crippen LogP contribution in [0.2, 0.25) is 0 Å². The van der Waals surface area contributed by atoms with Crippen LogP contribution in [0.3, 0.4) is 0 Å². The van der Waals surface area contributed by atoms with Crippen LogP contribution >= 0.6 is 0 Å². The zero-order chi connectivity index (χ0) is 15.6. The summed E-state index contributed by atoms with van der Waals surface area (Å²) >= 11 is 0. The second-order valence-electron chi connectivity index (χ2n) is 5.20. The summed E-state index contributed by atoms with van der Waals surface area (Å²) in [5.74, 6) is -1.19. The maximum Gasteiger partial charge on any atom is 0.335 e. The van der Waals surface area contributed by atoms with E-state index in [2.05, 4.69) is 4.72 Å². The van der Waals surface area contributed by atoms with Gasteiger partial charge in [-0.05, 0) is 18.2 Å². The van der Waals surface area contributed by atoms with Gasteiger partial charge < -0.3 is 15.9 Å². The third-order valence-electron chi connectivity index (χ3n) is 2.72. The Bertz CT molecular complexity index is 610. The number of carbonyl (C=O) groups is 1. The number of carboxylic acids is 1. The fourth-order valence-corrected chi connectivity index (χ4v) is 2.70. The summed E-state index contributed by atoms with van der Waals surface area (Å²) in [6, 6.07) is 3.41. The molecule has 0 saturated heterocycles. The van der Waals surface area contributed by atoms with Gasteiger partial charge in [-0.25, -0.2) is 17.9 Å². The number of anilines is 1. The Hall–Kier alpha value is -1.64. The first-order valence-corrected chi connectivity index (χ1v) is 7.31. The zero-order valence-corrected chi connectivity index (χ0v) is 12.1. The first-order valence-electron chi connectivity index (χ1n) is 5.82. The largest absolute Gasteiger partial charge is 0.478 e. The minimum atomic E-state index is -3.86. The summed E-state index contributed by atoms with van der Waals surface area (Å²) in [6.45, 7) is 3.26. The fourth-order valence-electron chi connectivity index (χ4n) is 1.35. The van der Waals surface area contributed by atoms with Crippen molar-refractivity contribution < 1.29 is 23.4 Å². The van der Waals surface area contributed by atoms with E-state index in [4.69, 9.17) is 15.9 Å². The Balaban J connectivity index is 3.02. The van der Waals surface area contributed by atoms with Crippen molar-refractivity contribution in [1.82, 2.24) is 4.72 Å². The standard InChI is InChI=1S/C12H18N2O5S/c1-12(2,7-15)6-14-20(18,19)10-4-3-8(11(16)17)5-9(10)13/h3-5,14-15H,6-7,13H2,1-2H3,(H,16,17). The number of rotatable bonds is 6. The van der Waals surface area contributed by atoms with Crippen LogP contribution in [-0.4, -0.2) is 37.8 Å². The Morgan fingerprint density at radius 2 is 2.00 bits per heavy atom. The van der Waals surface area contributed by atoms with Crippen LogP contribution in [0.1, 0.15) is 24.2 Å². The second kappa shape index (κ2) is 5.78. The van der Waals surface area contributed by atoms with Gasteiger partial charge in [0.15, 0.2) is 0 Å². The van der Waals surface area contributed by atoms with Crippen molar-refractivity contribution in [2.45, 2.75) is 18.7 Å². The second-order valence-corrected chi connectivity index (χ2v) is 6.94. The number of nitrogens with two attached hydrogens (primary N) is 1.